The Morgan fingerprint density at radius 2 is 2.10 bits per heavy atom. The highest BCUT2D eigenvalue weighted by atomic mass is 35.5. The van der Waals surface area contributed by atoms with E-state index in [0.29, 0.717) is 6.54 Å². The van der Waals surface area contributed by atoms with Crippen LogP contribution < -0.4 is 5.73 Å². The first kappa shape index (κ1) is 15.9. The molecule has 1 aromatic heterocycles. The van der Waals surface area contributed by atoms with Crippen molar-refractivity contribution in [1.82, 2.24) is 14.7 Å². The minimum absolute atomic E-state index is 0. The molecule has 1 atom stereocenters. The molecule has 1 saturated heterocycles. The van der Waals surface area contributed by atoms with Crippen LogP contribution in [-0.4, -0.2) is 33.8 Å². The van der Waals surface area contributed by atoms with Gasteiger partial charge < -0.3 is 5.73 Å². The first-order chi connectivity index (χ1) is 9.61. The maximum atomic E-state index is 13.7. The summed E-state index contributed by atoms with van der Waals surface area (Å²) in [5, 5.41) is 4.33. The lowest BCUT2D eigenvalue weighted by Crippen LogP contribution is -2.26. The van der Waals surface area contributed by atoms with E-state index in [2.05, 4.69) is 10.00 Å². The van der Waals surface area contributed by atoms with Crippen molar-refractivity contribution in [2.45, 2.75) is 19.0 Å². The molecule has 3 rings (SSSR count). The first-order valence-electron chi connectivity index (χ1n) is 6.60. The summed E-state index contributed by atoms with van der Waals surface area (Å²) in [6, 6.07) is 5.53. The van der Waals surface area contributed by atoms with Gasteiger partial charge in [-0.15, -0.1) is 12.4 Å². The van der Waals surface area contributed by atoms with Crippen LogP contribution in [0, 0.1) is 11.6 Å². The Morgan fingerprint density at radius 3 is 2.76 bits per heavy atom. The maximum absolute atomic E-state index is 13.7. The van der Waals surface area contributed by atoms with E-state index >= 15 is 0 Å². The van der Waals surface area contributed by atoms with Gasteiger partial charge in [0.25, 0.3) is 0 Å². The molecule has 0 spiro atoms. The van der Waals surface area contributed by atoms with Crippen molar-refractivity contribution in [3.05, 3.63) is 47.8 Å². The highest BCUT2D eigenvalue weighted by Gasteiger charge is 2.19. The predicted octanol–water partition coefficient (Wildman–Crippen LogP) is 2.11. The molecule has 1 aromatic carbocycles. The zero-order valence-electron chi connectivity index (χ0n) is 11.4. The number of nitrogens with zero attached hydrogens (tertiary/aromatic N) is 3. The van der Waals surface area contributed by atoms with Gasteiger partial charge in [-0.2, -0.15) is 5.10 Å². The maximum Gasteiger partial charge on any atom is 0.151 e. The lowest BCUT2D eigenvalue weighted by atomic mass is 10.3. The summed E-state index contributed by atoms with van der Waals surface area (Å²) in [5.74, 6) is -1.22. The molecule has 7 heteroatoms. The fourth-order valence-electron chi connectivity index (χ4n) is 2.48. The minimum Gasteiger partial charge on any atom is -0.326 e. The lowest BCUT2D eigenvalue weighted by molar-refractivity contribution is 0.322. The third-order valence-corrected chi connectivity index (χ3v) is 3.50. The standard InChI is InChI=1S/C14H16F2N4.ClH/c15-10-1-2-14(13(16)7-10)20-6-4-12(18-20)9-19-5-3-11(17)8-19;/h1-2,4,6-7,11H,3,5,8-9,17H2;1H/t11-;/m0./s1. The molecule has 0 bridgehead atoms. The van der Waals surface area contributed by atoms with Crippen LogP contribution in [0.25, 0.3) is 5.69 Å². The van der Waals surface area contributed by atoms with E-state index in [-0.39, 0.29) is 24.1 Å². The van der Waals surface area contributed by atoms with E-state index in [4.69, 9.17) is 5.73 Å². The number of likely N-dealkylation sites (tertiary alicyclic amines) is 1. The Balaban J connectivity index is 0.00000161. The van der Waals surface area contributed by atoms with Crippen LogP contribution >= 0.6 is 12.4 Å². The van der Waals surface area contributed by atoms with Crippen molar-refractivity contribution >= 4 is 12.4 Å². The highest BCUT2D eigenvalue weighted by molar-refractivity contribution is 5.85. The Morgan fingerprint density at radius 1 is 1.29 bits per heavy atom. The normalized spacial score (nSPS) is 18.7. The molecule has 1 aliphatic rings. The molecule has 0 aliphatic carbocycles. The average molecular weight is 315 g/mol. The molecular formula is C14H17ClF2N4. The van der Waals surface area contributed by atoms with Crippen LogP contribution in [0.15, 0.2) is 30.5 Å². The molecule has 4 nitrogen and oxygen atoms in total. The first-order valence-corrected chi connectivity index (χ1v) is 6.60. The summed E-state index contributed by atoms with van der Waals surface area (Å²) in [7, 11) is 0. The van der Waals surface area contributed by atoms with Gasteiger partial charge in [0.05, 0.1) is 5.69 Å². The Kier molecular flexibility index (Phi) is 4.92. The molecule has 0 radical (unpaired) electrons. The Bertz CT molecular complexity index is 617. The molecule has 0 amide bonds. The van der Waals surface area contributed by atoms with Gasteiger partial charge in [0.15, 0.2) is 5.82 Å². The van der Waals surface area contributed by atoms with Crippen molar-refractivity contribution in [3.8, 4) is 5.69 Å². The summed E-state index contributed by atoms with van der Waals surface area (Å²) in [5.41, 5.74) is 6.95. The second-order valence-electron chi connectivity index (χ2n) is 5.13. The second-order valence-corrected chi connectivity index (χ2v) is 5.13. The molecule has 114 valence electrons. The summed E-state index contributed by atoms with van der Waals surface area (Å²) in [4.78, 5) is 2.22. The number of benzene rings is 1. The monoisotopic (exact) mass is 314 g/mol. The quantitative estimate of drug-likeness (QED) is 0.944. The smallest absolute Gasteiger partial charge is 0.151 e. The van der Waals surface area contributed by atoms with Gasteiger partial charge in [-0.1, -0.05) is 0 Å². The largest absolute Gasteiger partial charge is 0.326 e. The molecule has 1 aliphatic heterocycles. The zero-order valence-corrected chi connectivity index (χ0v) is 12.2. The SMILES string of the molecule is Cl.N[C@H]1CCN(Cc2ccn(-c3ccc(F)cc3F)n2)C1. The van der Waals surface area contributed by atoms with Crippen molar-refractivity contribution in [2.24, 2.45) is 5.73 Å². The molecule has 2 aromatic rings. The predicted molar refractivity (Wildman–Crippen MR) is 78.6 cm³/mol. The molecule has 21 heavy (non-hydrogen) atoms. The van der Waals surface area contributed by atoms with Crippen LogP contribution in [0.1, 0.15) is 12.1 Å². The number of hydrogen-bond donors (Lipinski definition) is 1. The van der Waals surface area contributed by atoms with Gasteiger partial charge in [-0.3, -0.25) is 4.90 Å². The number of halogens is 3. The van der Waals surface area contributed by atoms with Crippen LogP contribution in [0.2, 0.25) is 0 Å². The van der Waals surface area contributed by atoms with Crippen LogP contribution in [-0.2, 0) is 6.54 Å². The van der Waals surface area contributed by atoms with Gasteiger partial charge in [0.1, 0.15) is 11.5 Å². The summed E-state index contributed by atoms with van der Waals surface area (Å²) in [6.45, 7) is 2.51. The summed E-state index contributed by atoms with van der Waals surface area (Å²) < 4.78 is 28.0. The number of nitrogens with two attached hydrogens (primary N) is 1. The third kappa shape index (κ3) is 3.58. The van der Waals surface area contributed by atoms with E-state index in [9.17, 15) is 8.78 Å². The van der Waals surface area contributed by atoms with Gasteiger partial charge in [0, 0.05) is 37.9 Å². The lowest BCUT2D eigenvalue weighted by Gasteiger charge is -2.12. The fraction of sp³-hybridized carbons (Fsp3) is 0.357. The van der Waals surface area contributed by atoms with E-state index in [1.54, 1.807) is 6.20 Å². The second kappa shape index (κ2) is 6.51. The fourth-order valence-corrected chi connectivity index (χ4v) is 2.48. The molecule has 2 heterocycles. The van der Waals surface area contributed by atoms with Crippen molar-refractivity contribution < 1.29 is 8.78 Å². The van der Waals surface area contributed by atoms with E-state index < -0.39 is 11.6 Å². The van der Waals surface area contributed by atoms with Gasteiger partial charge >= 0.3 is 0 Å². The van der Waals surface area contributed by atoms with Crippen molar-refractivity contribution in [2.75, 3.05) is 13.1 Å². The average Bonchev–Trinajstić information content (AvgIpc) is 2.99. The van der Waals surface area contributed by atoms with Gasteiger partial charge in [0.2, 0.25) is 0 Å². The summed E-state index contributed by atoms with van der Waals surface area (Å²) in [6.07, 6.45) is 2.68. The van der Waals surface area contributed by atoms with Gasteiger partial charge in [-0.05, 0) is 24.6 Å². The molecular weight excluding hydrogens is 298 g/mol. The Hall–Kier alpha value is -1.50. The molecule has 1 fully saturated rings. The number of rotatable bonds is 3. The van der Waals surface area contributed by atoms with Crippen LogP contribution in [0.3, 0.4) is 0 Å². The highest BCUT2D eigenvalue weighted by Crippen LogP contribution is 2.16. The summed E-state index contributed by atoms with van der Waals surface area (Å²) >= 11 is 0. The van der Waals surface area contributed by atoms with Crippen LogP contribution in [0.4, 0.5) is 8.78 Å². The molecule has 2 N–H and O–H groups in total. The van der Waals surface area contributed by atoms with Gasteiger partial charge in [-0.25, -0.2) is 13.5 Å². The Labute approximate surface area is 127 Å². The van der Waals surface area contributed by atoms with E-state index in [1.165, 1.54) is 16.8 Å². The third-order valence-electron chi connectivity index (χ3n) is 3.50. The van der Waals surface area contributed by atoms with E-state index in [1.807, 2.05) is 6.07 Å². The zero-order chi connectivity index (χ0) is 14.1. The molecule has 0 unspecified atom stereocenters. The van der Waals surface area contributed by atoms with Crippen LogP contribution in [0.5, 0.6) is 0 Å². The topological polar surface area (TPSA) is 47.1 Å². The minimum atomic E-state index is -0.622. The number of aromatic nitrogens is 2. The van der Waals surface area contributed by atoms with Crippen molar-refractivity contribution in [3.63, 3.8) is 0 Å². The molecule has 0 saturated carbocycles. The van der Waals surface area contributed by atoms with E-state index in [0.717, 1.165) is 31.3 Å². The number of hydrogen-bond acceptors (Lipinski definition) is 3. The van der Waals surface area contributed by atoms with Crippen molar-refractivity contribution in [1.29, 1.82) is 0 Å².